The van der Waals surface area contributed by atoms with Crippen LogP contribution < -0.4 is 10.0 Å². The van der Waals surface area contributed by atoms with Crippen LogP contribution in [0, 0.1) is 0 Å². The van der Waals surface area contributed by atoms with Crippen molar-refractivity contribution in [2.24, 2.45) is 0 Å². The molecule has 0 aliphatic heterocycles. The van der Waals surface area contributed by atoms with Gasteiger partial charge in [0.2, 0.25) is 10.0 Å². The van der Waals surface area contributed by atoms with E-state index in [4.69, 9.17) is 0 Å². The first kappa shape index (κ1) is 16.0. The average molecular weight is 324 g/mol. The normalized spacial score (nSPS) is 11.5. The van der Waals surface area contributed by atoms with Crippen LogP contribution in [0.15, 0.2) is 40.6 Å². The standard InChI is InChI=1S/C15H20N2O2S2/c1-3-12-9-10-20-15(12)11-17-21(18,19)14-7-5-13(6-8-14)16-4-2/h5-10,16-17H,3-4,11H2,1-2H3. The summed E-state index contributed by atoms with van der Waals surface area (Å²) < 4.78 is 27.2. The van der Waals surface area contributed by atoms with Gasteiger partial charge in [-0.1, -0.05) is 6.92 Å². The van der Waals surface area contributed by atoms with Gasteiger partial charge in [-0.25, -0.2) is 13.1 Å². The fourth-order valence-electron chi connectivity index (χ4n) is 2.04. The zero-order chi connectivity index (χ0) is 15.3. The SMILES string of the molecule is CCNc1ccc(S(=O)(=O)NCc2sccc2CC)cc1. The van der Waals surface area contributed by atoms with E-state index < -0.39 is 10.0 Å². The molecule has 6 heteroatoms. The lowest BCUT2D eigenvalue weighted by Gasteiger charge is -2.08. The maximum Gasteiger partial charge on any atom is 0.240 e. The predicted octanol–water partition coefficient (Wildman–Crippen LogP) is 3.22. The summed E-state index contributed by atoms with van der Waals surface area (Å²) >= 11 is 1.58. The largest absolute Gasteiger partial charge is 0.385 e. The second-order valence-electron chi connectivity index (χ2n) is 4.60. The molecule has 0 fully saturated rings. The summed E-state index contributed by atoms with van der Waals surface area (Å²) in [6.45, 7) is 5.22. The van der Waals surface area contributed by atoms with Gasteiger partial charge < -0.3 is 5.32 Å². The zero-order valence-corrected chi connectivity index (χ0v) is 13.9. The van der Waals surface area contributed by atoms with Gasteiger partial charge in [0.1, 0.15) is 0 Å². The van der Waals surface area contributed by atoms with Crippen LogP contribution in [0.2, 0.25) is 0 Å². The molecule has 2 aromatic rings. The molecule has 0 spiro atoms. The minimum absolute atomic E-state index is 0.291. The molecule has 0 radical (unpaired) electrons. The third kappa shape index (κ3) is 4.06. The zero-order valence-electron chi connectivity index (χ0n) is 12.2. The molecule has 0 unspecified atom stereocenters. The number of anilines is 1. The summed E-state index contributed by atoms with van der Waals surface area (Å²) in [7, 11) is -3.46. The molecule has 0 aliphatic carbocycles. The molecule has 0 amide bonds. The molecule has 0 saturated heterocycles. The molecule has 0 saturated carbocycles. The first-order valence-electron chi connectivity index (χ1n) is 6.95. The van der Waals surface area contributed by atoms with Gasteiger partial charge in [0.15, 0.2) is 0 Å². The lowest BCUT2D eigenvalue weighted by atomic mass is 10.2. The second kappa shape index (κ2) is 7.06. The Balaban J connectivity index is 2.07. The van der Waals surface area contributed by atoms with Crippen molar-refractivity contribution in [1.82, 2.24) is 4.72 Å². The summed E-state index contributed by atoms with van der Waals surface area (Å²) in [4.78, 5) is 1.36. The van der Waals surface area contributed by atoms with Crippen molar-refractivity contribution in [3.05, 3.63) is 46.2 Å². The second-order valence-corrected chi connectivity index (χ2v) is 7.37. The molecule has 1 aromatic carbocycles. The van der Waals surface area contributed by atoms with Gasteiger partial charge in [-0.2, -0.15) is 0 Å². The molecule has 2 rings (SSSR count). The number of aryl methyl sites for hydroxylation is 1. The molecule has 1 aromatic heterocycles. The average Bonchev–Trinajstić information content (AvgIpc) is 2.94. The molecule has 0 aliphatic rings. The summed E-state index contributed by atoms with van der Waals surface area (Å²) in [6, 6.07) is 8.84. The molecule has 1 heterocycles. The first-order valence-corrected chi connectivity index (χ1v) is 9.32. The maximum atomic E-state index is 12.3. The third-order valence-electron chi connectivity index (χ3n) is 3.19. The van der Waals surface area contributed by atoms with Gasteiger partial charge in [0, 0.05) is 23.7 Å². The van der Waals surface area contributed by atoms with Crippen molar-refractivity contribution < 1.29 is 8.42 Å². The number of rotatable bonds is 7. The highest BCUT2D eigenvalue weighted by Crippen LogP contribution is 2.19. The summed E-state index contributed by atoms with van der Waals surface area (Å²) in [6.07, 6.45) is 0.915. The van der Waals surface area contributed by atoms with Crippen molar-refractivity contribution in [1.29, 1.82) is 0 Å². The molecule has 2 N–H and O–H groups in total. The Hall–Kier alpha value is -1.37. The Kier molecular flexibility index (Phi) is 5.39. The Morgan fingerprint density at radius 3 is 2.43 bits per heavy atom. The van der Waals surface area contributed by atoms with Crippen LogP contribution in [0.4, 0.5) is 5.69 Å². The van der Waals surface area contributed by atoms with E-state index in [9.17, 15) is 8.42 Å². The highest BCUT2D eigenvalue weighted by atomic mass is 32.2. The quantitative estimate of drug-likeness (QED) is 0.822. The Bertz CT molecular complexity index is 676. The first-order chi connectivity index (χ1) is 10.1. The fourth-order valence-corrected chi connectivity index (χ4v) is 4.04. The smallest absolute Gasteiger partial charge is 0.240 e. The van der Waals surface area contributed by atoms with Gasteiger partial charge in [-0.15, -0.1) is 11.3 Å². The van der Waals surface area contributed by atoms with Gasteiger partial charge in [0.25, 0.3) is 0 Å². The van der Waals surface area contributed by atoms with Crippen LogP contribution in [-0.4, -0.2) is 15.0 Å². The van der Waals surface area contributed by atoms with E-state index in [1.165, 1.54) is 5.56 Å². The van der Waals surface area contributed by atoms with Gasteiger partial charge in [-0.05, 0) is 54.6 Å². The van der Waals surface area contributed by atoms with Crippen LogP contribution in [0.5, 0.6) is 0 Å². The number of thiophene rings is 1. The topological polar surface area (TPSA) is 58.2 Å². The number of hydrogen-bond acceptors (Lipinski definition) is 4. The highest BCUT2D eigenvalue weighted by Gasteiger charge is 2.14. The monoisotopic (exact) mass is 324 g/mol. The number of hydrogen-bond donors (Lipinski definition) is 2. The molecular formula is C15H20N2O2S2. The summed E-state index contributed by atoms with van der Waals surface area (Å²) in [5.74, 6) is 0. The van der Waals surface area contributed by atoms with Crippen LogP contribution >= 0.6 is 11.3 Å². The van der Waals surface area contributed by atoms with E-state index in [1.807, 2.05) is 18.4 Å². The molecule has 0 bridgehead atoms. The lowest BCUT2D eigenvalue weighted by molar-refractivity contribution is 0.581. The van der Waals surface area contributed by atoms with E-state index in [0.29, 0.717) is 11.4 Å². The Labute approximate surface area is 130 Å². The van der Waals surface area contributed by atoms with E-state index >= 15 is 0 Å². The van der Waals surface area contributed by atoms with Crippen molar-refractivity contribution in [3.8, 4) is 0 Å². The van der Waals surface area contributed by atoms with Gasteiger partial charge >= 0.3 is 0 Å². The molecule has 4 nitrogen and oxygen atoms in total. The number of benzene rings is 1. The van der Waals surface area contributed by atoms with Gasteiger partial charge in [-0.3, -0.25) is 0 Å². The minimum atomic E-state index is -3.46. The van der Waals surface area contributed by atoms with E-state index in [-0.39, 0.29) is 0 Å². The van der Waals surface area contributed by atoms with Crippen molar-refractivity contribution in [3.63, 3.8) is 0 Å². The fraction of sp³-hybridized carbons (Fsp3) is 0.333. The summed E-state index contributed by atoms with van der Waals surface area (Å²) in [5, 5.41) is 5.14. The van der Waals surface area contributed by atoms with E-state index in [0.717, 1.165) is 23.5 Å². The van der Waals surface area contributed by atoms with Gasteiger partial charge in [0.05, 0.1) is 4.90 Å². The molecule has 21 heavy (non-hydrogen) atoms. The summed E-state index contributed by atoms with van der Waals surface area (Å²) in [5.41, 5.74) is 2.12. The molecule has 0 atom stereocenters. The molecular weight excluding hydrogens is 304 g/mol. The van der Waals surface area contributed by atoms with Crippen molar-refractivity contribution in [2.75, 3.05) is 11.9 Å². The van der Waals surface area contributed by atoms with Crippen LogP contribution in [-0.2, 0) is 23.0 Å². The highest BCUT2D eigenvalue weighted by molar-refractivity contribution is 7.89. The van der Waals surface area contributed by atoms with E-state index in [2.05, 4.69) is 17.0 Å². The Morgan fingerprint density at radius 1 is 1.10 bits per heavy atom. The van der Waals surface area contributed by atoms with Crippen molar-refractivity contribution in [2.45, 2.75) is 31.7 Å². The van der Waals surface area contributed by atoms with Crippen LogP contribution in [0.25, 0.3) is 0 Å². The van der Waals surface area contributed by atoms with Crippen LogP contribution in [0.1, 0.15) is 24.3 Å². The maximum absolute atomic E-state index is 12.3. The predicted molar refractivity (Wildman–Crippen MR) is 88.3 cm³/mol. The molecule has 114 valence electrons. The Morgan fingerprint density at radius 2 is 1.81 bits per heavy atom. The minimum Gasteiger partial charge on any atom is -0.385 e. The van der Waals surface area contributed by atoms with Crippen molar-refractivity contribution >= 4 is 27.0 Å². The number of sulfonamides is 1. The third-order valence-corrected chi connectivity index (χ3v) is 5.57. The number of nitrogens with one attached hydrogen (secondary N) is 2. The lowest BCUT2D eigenvalue weighted by Crippen LogP contribution is -2.23. The van der Waals surface area contributed by atoms with Crippen LogP contribution in [0.3, 0.4) is 0 Å². The van der Waals surface area contributed by atoms with E-state index in [1.54, 1.807) is 35.6 Å².